The van der Waals surface area contributed by atoms with Crippen LogP contribution in [0.3, 0.4) is 0 Å². The Morgan fingerprint density at radius 2 is 1.78 bits per heavy atom. The second-order valence-corrected chi connectivity index (χ2v) is 12.9. The van der Waals surface area contributed by atoms with Crippen molar-refractivity contribution in [3.63, 3.8) is 0 Å². The number of piperidine rings is 1. The van der Waals surface area contributed by atoms with Crippen LogP contribution in [0.2, 0.25) is 0 Å². The van der Waals surface area contributed by atoms with Crippen molar-refractivity contribution in [1.29, 1.82) is 5.41 Å². The van der Waals surface area contributed by atoms with Gasteiger partial charge in [0.05, 0.1) is 22.4 Å². The highest BCUT2D eigenvalue weighted by Crippen LogP contribution is 2.48. The number of alkyl halides is 6. The fraction of sp³-hybridized carbons (Fsp3) is 0.600. The lowest BCUT2D eigenvalue weighted by Crippen LogP contribution is -2.45. The zero-order valence-electron chi connectivity index (χ0n) is 25.8. The van der Waals surface area contributed by atoms with Crippen molar-refractivity contribution in [1.82, 2.24) is 14.9 Å². The molecular weight excluding hydrogens is 623 g/mol. The van der Waals surface area contributed by atoms with Crippen LogP contribution >= 0.6 is 0 Å². The number of amidine groups is 1. The van der Waals surface area contributed by atoms with Crippen LogP contribution in [0.1, 0.15) is 58.3 Å². The Morgan fingerprint density at radius 1 is 1.11 bits per heavy atom. The van der Waals surface area contributed by atoms with Gasteiger partial charge in [-0.05, 0) is 57.1 Å². The van der Waals surface area contributed by atoms with Crippen molar-refractivity contribution < 1.29 is 40.3 Å². The molecule has 3 atom stereocenters. The number of hydrogen-bond donors (Lipinski definition) is 2. The molecule has 1 aromatic carbocycles. The number of fused-ring (bicyclic) bond motifs is 1. The molecule has 0 aliphatic carbocycles. The first-order chi connectivity index (χ1) is 21.4. The third kappa shape index (κ3) is 6.66. The van der Waals surface area contributed by atoms with Gasteiger partial charge in [-0.1, -0.05) is 13.8 Å². The predicted octanol–water partition coefficient (Wildman–Crippen LogP) is 6.51. The number of anilines is 4. The van der Waals surface area contributed by atoms with Crippen molar-refractivity contribution in [2.75, 3.05) is 41.3 Å². The van der Waals surface area contributed by atoms with E-state index in [0.29, 0.717) is 30.6 Å². The minimum Gasteiger partial charge on any atom is -0.457 e. The maximum absolute atomic E-state index is 15.6. The molecule has 16 heteroatoms. The van der Waals surface area contributed by atoms with Crippen LogP contribution in [0.4, 0.5) is 53.7 Å². The molecule has 9 nitrogen and oxygen atoms in total. The quantitative estimate of drug-likeness (QED) is 0.208. The number of hydrogen-bond acceptors (Lipinski definition) is 7. The van der Waals surface area contributed by atoms with Gasteiger partial charge < -0.3 is 19.9 Å². The molecule has 2 N–H and O–H groups in total. The molecule has 1 amide bonds. The maximum Gasteiger partial charge on any atom is 0.408 e. The highest BCUT2D eigenvalue weighted by atomic mass is 19.4. The summed E-state index contributed by atoms with van der Waals surface area (Å²) in [7, 11) is 0. The lowest BCUT2D eigenvalue weighted by Gasteiger charge is -2.37. The molecule has 0 radical (unpaired) electrons. The van der Waals surface area contributed by atoms with Crippen molar-refractivity contribution in [2.45, 2.75) is 77.4 Å². The van der Waals surface area contributed by atoms with Crippen LogP contribution in [0.15, 0.2) is 18.2 Å². The fourth-order valence-corrected chi connectivity index (χ4v) is 6.65. The molecule has 3 aliphatic rings. The Balaban J connectivity index is 1.50. The normalized spacial score (nSPS) is 23.2. The van der Waals surface area contributed by atoms with E-state index in [-0.39, 0.29) is 48.1 Å². The lowest BCUT2D eigenvalue weighted by molar-refractivity contribution is -0.169. The molecule has 0 spiro atoms. The number of carbonyl (C=O) groups excluding carboxylic acids is 1. The van der Waals surface area contributed by atoms with E-state index in [1.54, 1.807) is 6.07 Å². The van der Waals surface area contributed by atoms with Crippen LogP contribution in [-0.2, 0) is 21.6 Å². The van der Waals surface area contributed by atoms with E-state index in [0.717, 1.165) is 16.2 Å². The van der Waals surface area contributed by atoms with Gasteiger partial charge in [0.2, 0.25) is 5.91 Å². The maximum atomic E-state index is 15.6. The molecule has 252 valence electrons. The van der Waals surface area contributed by atoms with Gasteiger partial charge in [0.15, 0.2) is 12.4 Å². The van der Waals surface area contributed by atoms with Gasteiger partial charge in [0, 0.05) is 25.7 Å². The monoisotopic (exact) mass is 659 g/mol. The van der Waals surface area contributed by atoms with E-state index < -0.39 is 54.7 Å². The first kappa shape index (κ1) is 33.5. The summed E-state index contributed by atoms with van der Waals surface area (Å²) in [5.74, 6) is -1.25. The lowest BCUT2D eigenvalue weighted by atomic mass is 9.87. The highest BCUT2D eigenvalue weighted by Gasteiger charge is 2.50. The Morgan fingerprint density at radius 3 is 2.39 bits per heavy atom. The van der Waals surface area contributed by atoms with Crippen molar-refractivity contribution in [2.24, 2.45) is 11.8 Å². The average molecular weight is 660 g/mol. The number of halogens is 7. The Labute approximate surface area is 261 Å². The van der Waals surface area contributed by atoms with Crippen LogP contribution in [-0.4, -0.2) is 71.4 Å². The summed E-state index contributed by atoms with van der Waals surface area (Å²) < 4.78 is 101. The summed E-state index contributed by atoms with van der Waals surface area (Å²) in [6.45, 7) is 6.19. The van der Waals surface area contributed by atoms with E-state index in [2.05, 4.69) is 29.1 Å². The fourth-order valence-electron chi connectivity index (χ4n) is 6.65. The topological polar surface area (TPSA) is 97.7 Å². The number of aromatic nitrogens is 2. The second kappa shape index (κ2) is 12.1. The van der Waals surface area contributed by atoms with E-state index in [4.69, 9.17) is 10.1 Å². The standard InChI is InChI=1S/C30H36F7N7O2/c1-16-10-17(2)13-42(12-16)20-8-7-18(11-19(20)31)44-25-23(28(3,4)26(44)45)24(39-15-29(32,33)34)40-22(41-25)14-46-27(38)43-9-5-6-21(43)30(35,36)37/h7-8,11,16-17,21,38H,5-6,9-10,12-15H2,1-4H3,(H,39,40,41)/t16-,17+,21-/m1/s1. The van der Waals surface area contributed by atoms with Gasteiger partial charge >= 0.3 is 12.4 Å². The zero-order chi connectivity index (χ0) is 33.8. The molecule has 4 heterocycles. The third-order valence-electron chi connectivity index (χ3n) is 8.60. The Kier molecular flexibility index (Phi) is 8.79. The molecular formula is C30H36F7N7O2. The minimum atomic E-state index is -4.66. The molecule has 0 saturated carbocycles. The number of carbonyl (C=O) groups is 1. The van der Waals surface area contributed by atoms with Crippen LogP contribution in [0.5, 0.6) is 0 Å². The van der Waals surface area contributed by atoms with Gasteiger partial charge in [-0.15, -0.1) is 0 Å². The van der Waals surface area contributed by atoms with Crippen molar-refractivity contribution in [3.8, 4) is 0 Å². The largest absolute Gasteiger partial charge is 0.457 e. The smallest absolute Gasteiger partial charge is 0.408 e. The number of amides is 1. The van der Waals surface area contributed by atoms with Crippen LogP contribution in [0.25, 0.3) is 0 Å². The number of rotatable bonds is 6. The number of benzene rings is 1. The number of ether oxygens (including phenoxy) is 1. The summed E-state index contributed by atoms with van der Waals surface area (Å²) in [6, 6.07) is 1.56. The molecule has 0 unspecified atom stereocenters. The summed E-state index contributed by atoms with van der Waals surface area (Å²) in [6.07, 6.45) is -8.26. The average Bonchev–Trinajstić information content (AvgIpc) is 3.51. The highest BCUT2D eigenvalue weighted by molar-refractivity contribution is 6.12. The molecule has 1 aromatic heterocycles. The summed E-state index contributed by atoms with van der Waals surface area (Å²) in [5.41, 5.74) is -0.977. The number of nitrogens with one attached hydrogen (secondary N) is 2. The van der Waals surface area contributed by atoms with Gasteiger partial charge in [-0.3, -0.25) is 15.1 Å². The first-order valence-corrected chi connectivity index (χ1v) is 15.0. The first-order valence-electron chi connectivity index (χ1n) is 15.0. The van der Waals surface area contributed by atoms with Gasteiger partial charge in [0.1, 0.15) is 30.0 Å². The molecule has 0 bridgehead atoms. The van der Waals surface area contributed by atoms with E-state index in [1.165, 1.54) is 26.0 Å². The van der Waals surface area contributed by atoms with Gasteiger partial charge in [-0.25, -0.2) is 14.4 Å². The molecule has 5 rings (SSSR count). The predicted molar refractivity (Wildman–Crippen MR) is 157 cm³/mol. The van der Waals surface area contributed by atoms with Crippen LogP contribution in [0, 0.1) is 23.1 Å². The van der Waals surface area contributed by atoms with Crippen LogP contribution < -0.4 is 15.1 Å². The summed E-state index contributed by atoms with van der Waals surface area (Å²) in [4.78, 5) is 26.1. The third-order valence-corrected chi connectivity index (χ3v) is 8.60. The minimum absolute atomic E-state index is 0.0282. The molecule has 2 aromatic rings. The van der Waals surface area contributed by atoms with E-state index >= 15 is 4.39 Å². The SMILES string of the molecule is C[C@@H]1C[C@H](C)CN(c2ccc(N3C(=O)C(C)(C)c4c(NCC(F)(F)F)nc(COC(=N)N5CCC[C@@H]5C(F)(F)F)nc43)cc2F)C1. The van der Waals surface area contributed by atoms with Crippen molar-refractivity contribution in [3.05, 3.63) is 35.4 Å². The molecule has 2 saturated heterocycles. The Bertz CT molecular complexity index is 1490. The Hall–Kier alpha value is -3.85. The summed E-state index contributed by atoms with van der Waals surface area (Å²) in [5, 5.41) is 10.3. The second-order valence-electron chi connectivity index (χ2n) is 12.9. The summed E-state index contributed by atoms with van der Waals surface area (Å²) >= 11 is 0. The van der Waals surface area contributed by atoms with E-state index in [1.807, 2.05) is 4.90 Å². The number of likely N-dealkylation sites (tertiary alicyclic amines) is 1. The van der Waals surface area contributed by atoms with Gasteiger partial charge in [-0.2, -0.15) is 26.3 Å². The number of nitrogens with zero attached hydrogens (tertiary/aromatic N) is 5. The zero-order valence-corrected chi connectivity index (χ0v) is 25.8. The molecule has 46 heavy (non-hydrogen) atoms. The van der Waals surface area contributed by atoms with Gasteiger partial charge in [0.25, 0.3) is 6.02 Å². The van der Waals surface area contributed by atoms with E-state index in [9.17, 15) is 31.1 Å². The molecule has 3 aliphatic heterocycles. The molecule has 2 fully saturated rings. The van der Waals surface area contributed by atoms with Crippen molar-refractivity contribution >= 4 is 34.9 Å².